The predicted octanol–water partition coefficient (Wildman–Crippen LogP) is 2.87. The molecule has 2 rings (SSSR count). The molecule has 1 aromatic carbocycles. The maximum atomic E-state index is 12.1. The molecule has 1 heterocycles. The first-order valence-electron chi connectivity index (χ1n) is 5.91. The van der Waals surface area contributed by atoms with Crippen LogP contribution in [-0.4, -0.2) is 28.4 Å². The van der Waals surface area contributed by atoms with Crippen molar-refractivity contribution in [2.45, 2.75) is 18.9 Å². The van der Waals surface area contributed by atoms with Gasteiger partial charge in [0, 0.05) is 12.1 Å². The molecule has 0 spiro atoms. The summed E-state index contributed by atoms with van der Waals surface area (Å²) in [5, 5.41) is 13.6. The molecule has 1 fully saturated rings. The van der Waals surface area contributed by atoms with Crippen LogP contribution >= 0.6 is 23.4 Å². The lowest BCUT2D eigenvalue weighted by molar-refractivity contribution is -0.384. The summed E-state index contributed by atoms with van der Waals surface area (Å²) in [5.41, 5.74) is -0.0809. The van der Waals surface area contributed by atoms with Gasteiger partial charge in [0.2, 0.25) is 0 Å². The van der Waals surface area contributed by atoms with E-state index in [1.165, 1.54) is 18.2 Å². The van der Waals surface area contributed by atoms with Crippen LogP contribution in [0.1, 0.15) is 23.2 Å². The molecule has 1 amide bonds. The van der Waals surface area contributed by atoms with E-state index in [4.69, 9.17) is 11.6 Å². The van der Waals surface area contributed by atoms with Gasteiger partial charge < -0.3 is 5.32 Å². The monoisotopic (exact) mass is 300 g/mol. The molecule has 0 aliphatic carbocycles. The van der Waals surface area contributed by atoms with Crippen molar-refractivity contribution in [2.75, 3.05) is 11.5 Å². The number of carbonyl (C=O) groups is 1. The van der Waals surface area contributed by atoms with E-state index in [1.54, 1.807) is 0 Å². The van der Waals surface area contributed by atoms with Crippen LogP contribution in [-0.2, 0) is 0 Å². The summed E-state index contributed by atoms with van der Waals surface area (Å²) in [4.78, 5) is 22.3. The second-order valence-electron chi connectivity index (χ2n) is 4.26. The topological polar surface area (TPSA) is 72.2 Å². The van der Waals surface area contributed by atoms with Crippen LogP contribution in [0.15, 0.2) is 18.2 Å². The van der Waals surface area contributed by atoms with E-state index in [-0.39, 0.29) is 28.2 Å². The van der Waals surface area contributed by atoms with Crippen LogP contribution in [0.25, 0.3) is 0 Å². The normalized spacial score (nSPS) is 16.1. The number of hydrogen-bond donors (Lipinski definition) is 1. The van der Waals surface area contributed by atoms with Gasteiger partial charge in [-0.25, -0.2) is 0 Å². The lowest BCUT2D eigenvalue weighted by atomic mass is 10.1. The summed E-state index contributed by atoms with van der Waals surface area (Å²) in [6.07, 6.45) is 1.84. The minimum absolute atomic E-state index is 0.102. The highest BCUT2D eigenvalue weighted by Crippen LogP contribution is 2.28. The van der Waals surface area contributed by atoms with Gasteiger partial charge in [0.05, 0.1) is 10.5 Å². The maximum Gasteiger partial charge on any atom is 0.288 e. The van der Waals surface area contributed by atoms with Gasteiger partial charge in [0.15, 0.2) is 0 Å². The van der Waals surface area contributed by atoms with Gasteiger partial charge in [-0.2, -0.15) is 11.8 Å². The second-order valence-corrected chi connectivity index (χ2v) is 5.86. The molecule has 0 radical (unpaired) electrons. The minimum Gasteiger partial charge on any atom is -0.349 e. The van der Waals surface area contributed by atoms with Crippen molar-refractivity contribution in [3.05, 3.63) is 38.9 Å². The lowest BCUT2D eigenvalue weighted by Gasteiger charge is -2.22. The molecule has 0 bridgehead atoms. The largest absolute Gasteiger partial charge is 0.349 e. The third kappa shape index (κ3) is 3.39. The minimum atomic E-state index is -0.587. The molecular formula is C12H13ClN2O3S. The van der Waals surface area contributed by atoms with Gasteiger partial charge >= 0.3 is 0 Å². The average Bonchev–Trinajstić information content (AvgIpc) is 2.39. The predicted molar refractivity (Wildman–Crippen MR) is 75.9 cm³/mol. The highest BCUT2D eigenvalue weighted by Gasteiger charge is 2.22. The first-order chi connectivity index (χ1) is 9.09. The number of nitrogens with zero attached hydrogens (tertiary/aromatic N) is 1. The molecule has 0 saturated carbocycles. The van der Waals surface area contributed by atoms with Crippen molar-refractivity contribution in [2.24, 2.45) is 0 Å². The number of nitro benzene ring substituents is 1. The smallest absolute Gasteiger partial charge is 0.288 e. The van der Waals surface area contributed by atoms with Crippen molar-refractivity contribution in [3.8, 4) is 0 Å². The Labute approximate surface area is 119 Å². The van der Waals surface area contributed by atoms with E-state index in [9.17, 15) is 14.9 Å². The fraction of sp³-hybridized carbons (Fsp3) is 0.417. The number of hydrogen-bond acceptors (Lipinski definition) is 4. The Hall–Kier alpha value is -1.27. The summed E-state index contributed by atoms with van der Waals surface area (Å²) in [7, 11) is 0. The highest BCUT2D eigenvalue weighted by molar-refractivity contribution is 7.99. The van der Waals surface area contributed by atoms with Gasteiger partial charge in [0.25, 0.3) is 11.6 Å². The van der Waals surface area contributed by atoms with Crippen molar-refractivity contribution in [1.82, 2.24) is 5.32 Å². The molecule has 19 heavy (non-hydrogen) atoms. The molecule has 1 N–H and O–H groups in total. The summed E-state index contributed by atoms with van der Waals surface area (Å²) < 4.78 is 0. The molecular weight excluding hydrogens is 288 g/mol. The number of amides is 1. The number of benzene rings is 1. The molecule has 5 nitrogen and oxygen atoms in total. The summed E-state index contributed by atoms with van der Waals surface area (Å²) >= 11 is 7.77. The summed E-state index contributed by atoms with van der Waals surface area (Å²) in [6, 6.07) is 4.39. The fourth-order valence-electron chi connectivity index (χ4n) is 1.94. The molecule has 0 atom stereocenters. The van der Waals surface area contributed by atoms with E-state index in [1.807, 2.05) is 11.8 Å². The maximum absolute atomic E-state index is 12.1. The van der Waals surface area contributed by atoms with Crippen molar-refractivity contribution in [1.29, 1.82) is 0 Å². The van der Waals surface area contributed by atoms with Crippen LogP contribution in [0.4, 0.5) is 5.69 Å². The Morgan fingerprint density at radius 3 is 2.74 bits per heavy atom. The third-order valence-electron chi connectivity index (χ3n) is 2.98. The Morgan fingerprint density at radius 1 is 1.42 bits per heavy atom. The summed E-state index contributed by atoms with van der Waals surface area (Å²) in [5.74, 6) is 1.70. The van der Waals surface area contributed by atoms with Gasteiger partial charge in [-0.15, -0.1) is 0 Å². The number of carbonyl (C=O) groups excluding carboxylic acids is 1. The first kappa shape index (κ1) is 14.1. The molecule has 7 heteroatoms. The van der Waals surface area contributed by atoms with Crippen molar-refractivity contribution >= 4 is 35.0 Å². The van der Waals surface area contributed by atoms with E-state index in [0.29, 0.717) is 0 Å². The van der Waals surface area contributed by atoms with Crippen LogP contribution in [0, 0.1) is 10.1 Å². The number of nitro groups is 1. The Balaban J connectivity index is 2.14. The van der Waals surface area contributed by atoms with E-state index in [2.05, 4.69) is 5.32 Å². The molecule has 1 aliphatic rings. The quantitative estimate of drug-likeness (QED) is 0.688. The Morgan fingerprint density at radius 2 is 2.11 bits per heavy atom. The fourth-order valence-corrected chi connectivity index (χ4v) is 3.33. The molecule has 1 aliphatic heterocycles. The first-order valence-corrected chi connectivity index (χ1v) is 7.44. The van der Waals surface area contributed by atoms with Gasteiger partial charge in [-0.1, -0.05) is 17.7 Å². The lowest BCUT2D eigenvalue weighted by Crippen LogP contribution is -2.37. The van der Waals surface area contributed by atoms with Gasteiger partial charge in [-0.3, -0.25) is 14.9 Å². The van der Waals surface area contributed by atoms with Crippen LogP contribution in [0.2, 0.25) is 5.02 Å². The van der Waals surface area contributed by atoms with E-state index < -0.39 is 4.92 Å². The molecule has 1 saturated heterocycles. The van der Waals surface area contributed by atoms with Gasteiger partial charge in [0.1, 0.15) is 5.02 Å². The Kier molecular flexibility index (Phi) is 4.66. The molecule has 102 valence electrons. The summed E-state index contributed by atoms with van der Waals surface area (Å²) in [6.45, 7) is 0. The number of nitrogens with one attached hydrogen (secondary N) is 1. The van der Waals surface area contributed by atoms with Crippen LogP contribution < -0.4 is 5.32 Å². The van der Waals surface area contributed by atoms with Crippen LogP contribution in [0.3, 0.4) is 0 Å². The van der Waals surface area contributed by atoms with E-state index in [0.717, 1.165) is 24.3 Å². The van der Waals surface area contributed by atoms with E-state index >= 15 is 0 Å². The molecule has 0 aromatic heterocycles. The number of halogens is 1. The number of rotatable bonds is 3. The zero-order chi connectivity index (χ0) is 13.8. The SMILES string of the molecule is O=C(NC1CCSCC1)c1cccc([N+](=O)[O-])c1Cl. The average molecular weight is 301 g/mol. The van der Waals surface area contributed by atoms with Gasteiger partial charge in [-0.05, 0) is 30.4 Å². The zero-order valence-electron chi connectivity index (χ0n) is 10.1. The van der Waals surface area contributed by atoms with Crippen LogP contribution in [0.5, 0.6) is 0 Å². The molecule has 1 aromatic rings. The Bertz CT molecular complexity index is 504. The zero-order valence-corrected chi connectivity index (χ0v) is 11.7. The highest BCUT2D eigenvalue weighted by atomic mass is 35.5. The molecule has 0 unspecified atom stereocenters. The second kappa shape index (κ2) is 6.25. The van der Waals surface area contributed by atoms with Crippen molar-refractivity contribution in [3.63, 3.8) is 0 Å². The van der Waals surface area contributed by atoms with Crippen molar-refractivity contribution < 1.29 is 9.72 Å². The standard InChI is InChI=1S/C12H13ClN2O3S/c13-11-9(2-1-3-10(11)15(17)18)12(16)14-8-4-6-19-7-5-8/h1-3,8H,4-7H2,(H,14,16). The number of thioether (sulfide) groups is 1. The third-order valence-corrected chi connectivity index (χ3v) is 4.42.